The van der Waals surface area contributed by atoms with Crippen molar-refractivity contribution in [2.45, 2.75) is 13.0 Å². The molecule has 3 nitrogen and oxygen atoms in total. The number of carbonyl (C=O) groups excluding carboxylic acids is 1. The van der Waals surface area contributed by atoms with Crippen LogP contribution in [0.5, 0.6) is 0 Å². The van der Waals surface area contributed by atoms with Gasteiger partial charge in [-0.25, -0.2) is 4.79 Å². The summed E-state index contributed by atoms with van der Waals surface area (Å²) < 4.78 is 9.91. The third kappa shape index (κ3) is 1.83. The summed E-state index contributed by atoms with van der Waals surface area (Å²) in [5, 5.41) is 0. The highest BCUT2D eigenvalue weighted by molar-refractivity contribution is 5.85. The van der Waals surface area contributed by atoms with E-state index in [9.17, 15) is 4.79 Å². The molecule has 0 saturated heterocycles. The summed E-state index contributed by atoms with van der Waals surface area (Å²) >= 11 is 0. The molecule has 3 heteroatoms. The number of ether oxygens (including phenoxy) is 2. The van der Waals surface area contributed by atoms with Crippen LogP contribution in [0.2, 0.25) is 0 Å². The van der Waals surface area contributed by atoms with Crippen LogP contribution in [-0.4, -0.2) is 18.7 Å². The minimum atomic E-state index is -0.337. The number of hydrogen-bond acceptors (Lipinski definition) is 3. The highest BCUT2D eigenvalue weighted by atomic mass is 16.6. The van der Waals surface area contributed by atoms with Gasteiger partial charge in [0.1, 0.15) is 12.4 Å². The standard InChI is InChI=1S/C8H10O3/c1-3-4-10-7-5-8(9)11-6(7)2/h3,5-6H,1,4H2,2H3/t6-/m1/s1. The van der Waals surface area contributed by atoms with Crippen LogP contribution in [-0.2, 0) is 14.3 Å². The van der Waals surface area contributed by atoms with Gasteiger partial charge in [0.2, 0.25) is 0 Å². The molecule has 0 unspecified atom stereocenters. The van der Waals surface area contributed by atoms with Crippen molar-refractivity contribution in [3.63, 3.8) is 0 Å². The number of hydrogen-bond donors (Lipinski definition) is 0. The number of carbonyl (C=O) groups is 1. The van der Waals surface area contributed by atoms with Crippen LogP contribution in [0.15, 0.2) is 24.5 Å². The molecule has 60 valence electrons. The van der Waals surface area contributed by atoms with Crippen LogP contribution in [0, 0.1) is 0 Å². The van der Waals surface area contributed by atoms with Crippen molar-refractivity contribution in [3.8, 4) is 0 Å². The van der Waals surface area contributed by atoms with E-state index in [1.54, 1.807) is 13.0 Å². The van der Waals surface area contributed by atoms with Gasteiger partial charge in [-0.1, -0.05) is 12.7 Å². The van der Waals surface area contributed by atoms with Crippen molar-refractivity contribution >= 4 is 5.97 Å². The van der Waals surface area contributed by atoms with E-state index < -0.39 is 0 Å². The molecule has 1 atom stereocenters. The Labute approximate surface area is 65.3 Å². The fraction of sp³-hybridized carbons (Fsp3) is 0.375. The van der Waals surface area contributed by atoms with E-state index in [0.29, 0.717) is 12.4 Å². The SMILES string of the molecule is C=CCOC1=CC(=O)O[C@@H]1C. The van der Waals surface area contributed by atoms with Crippen LogP contribution in [0.3, 0.4) is 0 Å². The molecule has 1 aliphatic heterocycles. The first-order valence-electron chi connectivity index (χ1n) is 3.40. The Morgan fingerprint density at radius 1 is 1.91 bits per heavy atom. The Balaban J connectivity index is 2.49. The average molecular weight is 154 g/mol. The molecular weight excluding hydrogens is 144 g/mol. The summed E-state index contributed by atoms with van der Waals surface area (Å²) in [6.07, 6.45) is 2.73. The van der Waals surface area contributed by atoms with E-state index in [0.717, 1.165) is 0 Å². The van der Waals surface area contributed by atoms with E-state index >= 15 is 0 Å². The predicted octanol–water partition coefficient (Wildman–Crippen LogP) is 1.02. The van der Waals surface area contributed by atoms with Crippen molar-refractivity contribution in [1.29, 1.82) is 0 Å². The summed E-state index contributed by atoms with van der Waals surface area (Å²) in [5.74, 6) is 0.242. The van der Waals surface area contributed by atoms with Crippen LogP contribution in [0.4, 0.5) is 0 Å². The van der Waals surface area contributed by atoms with Crippen molar-refractivity contribution in [3.05, 3.63) is 24.5 Å². The smallest absolute Gasteiger partial charge is 0.335 e. The molecule has 0 aromatic rings. The molecule has 0 amide bonds. The van der Waals surface area contributed by atoms with Crippen LogP contribution in [0.1, 0.15) is 6.92 Å². The lowest BCUT2D eigenvalue weighted by Crippen LogP contribution is -2.08. The molecule has 0 saturated carbocycles. The zero-order chi connectivity index (χ0) is 8.27. The van der Waals surface area contributed by atoms with E-state index in [1.165, 1.54) is 6.08 Å². The van der Waals surface area contributed by atoms with Crippen molar-refractivity contribution in [1.82, 2.24) is 0 Å². The lowest BCUT2D eigenvalue weighted by Gasteiger charge is -2.07. The Kier molecular flexibility index (Phi) is 2.31. The van der Waals surface area contributed by atoms with Crippen LogP contribution >= 0.6 is 0 Å². The molecule has 0 aromatic carbocycles. The minimum Gasteiger partial charge on any atom is -0.490 e. The summed E-state index contributed by atoms with van der Waals surface area (Å²) in [7, 11) is 0. The number of cyclic esters (lactones) is 1. The van der Waals surface area contributed by atoms with Gasteiger partial charge < -0.3 is 9.47 Å². The van der Waals surface area contributed by atoms with E-state index in [4.69, 9.17) is 9.47 Å². The second kappa shape index (κ2) is 3.23. The lowest BCUT2D eigenvalue weighted by molar-refractivity contribution is -0.138. The quantitative estimate of drug-likeness (QED) is 0.449. The van der Waals surface area contributed by atoms with Gasteiger partial charge in [-0.15, -0.1) is 0 Å². The summed E-state index contributed by atoms with van der Waals surface area (Å²) in [6, 6.07) is 0. The molecule has 0 aliphatic carbocycles. The van der Waals surface area contributed by atoms with Gasteiger partial charge in [0.15, 0.2) is 6.10 Å². The first-order valence-corrected chi connectivity index (χ1v) is 3.40. The molecule has 1 aliphatic rings. The fourth-order valence-electron chi connectivity index (χ4n) is 0.814. The van der Waals surface area contributed by atoms with Crippen molar-refractivity contribution < 1.29 is 14.3 Å². The second-order valence-electron chi connectivity index (χ2n) is 2.23. The van der Waals surface area contributed by atoms with Crippen LogP contribution < -0.4 is 0 Å². The van der Waals surface area contributed by atoms with E-state index in [1.807, 2.05) is 0 Å². The zero-order valence-electron chi connectivity index (χ0n) is 6.37. The molecule has 11 heavy (non-hydrogen) atoms. The molecule has 1 heterocycles. The van der Waals surface area contributed by atoms with Gasteiger partial charge in [-0.2, -0.15) is 0 Å². The van der Waals surface area contributed by atoms with Gasteiger partial charge in [0.25, 0.3) is 0 Å². The number of esters is 1. The fourth-order valence-corrected chi connectivity index (χ4v) is 0.814. The molecule has 1 rings (SSSR count). The second-order valence-corrected chi connectivity index (χ2v) is 2.23. The first kappa shape index (κ1) is 7.85. The van der Waals surface area contributed by atoms with Crippen molar-refractivity contribution in [2.75, 3.05) is 6.61 Å². The molecule has 0 N–H and O–H groups in total. The maximum absolute atomic E-state index is 10.6. The predicted molar refractivity (Wildman–Crippen MR) is 39.8 cm³/mol. The normalized spacial score (nSPS) is 22.5. The maximum Gasteiger partial charge on any atom is 0.335 e. The zero-order valence-corrected chi connectivity index (χ0v) is 6.37. The molecule has 0 fully saturated rings. The topological polar surface area (TPSA) is 35.5 Å². The summed E-state index contributed by atoms with van der Waals surface area (Å²) in [5.41, 5.74) is 0. The third-order valence-electron chi connectivity index (χ3n) is 1.32. The molecule has 0 bridgehead atoms. The van der Waals surface area contributed by atoms with Gasteiger partial charge >= 0.3 is 5.97 Å². The summed E-state index contributed by atoms with van der Waals surface area (Å²) in [6.45, 7) is 5.66. The largest absolute Gasteiger partial charge is 0.490 e. The average Bonchev–Trinajstić information content (AvgIpc) is 2.26. The van der Waals surface area contributed by atoms with Gasteiger partial charge in [0, 0.05) is 0 Å². The van der Waals surface area contributed by atoms with E-state index in [2.05, 4.69) is 6.58 Å². The van der Waals surface area contributed by atoms with Gasteiger partial charge in [-0.05, 0) is 6.92 Å². The molecule has 0 aromatic heterocycles. The minimum absolute atomic E-state index is 0.248. The Hall–Kier alpha value is -1.25. The summed E-state index contributed by atoms with van der Waals surface area (Å²) in [4.78, 5) is 10.6. The number of rotatable bonds is 3. The Morgan fingerprint density at radius 2 is 2.64 bits per heavy atom. The first-order chi connectivity index (χ1) is 5.24. The Morgan fingerprint density at radius 3 is 3.09 bits per heavy atom. The maximum atomic E-state index is 10.6. The lowest BCUT2D eigenvalue weighted by atomic mass is 10.3. The highest BCUT2D eigenvalue weighted by Crippen LogP contribution is 2.15. The third-order valence-corrected chi connectivity index (χ3v) is 1.32. The highest BCUT2D eigenvalue weighted by Gasteiger charge is 2.22. The van der Waals surface area contributed by atoms with Crippen LogP contribution in [0.25, 0.3) is 0 Å². The van der Waals surface area contributed by atoms with Crippen molar-refractivity contribution in [2.24, 2.45) is 0 Å². The Bertz CT molecular complexity index is 205. The molecular formula is C8H10O3. The van der Waals surface area contributed by atoms with Gasteiger partial charge in [0.05, 0.1) is 6.08 Å². The van der Waals surface area contributed by atoms with Gasteiger partial charge in [-0.3, -0.25) is 0 Å². The molecule has 0 radical (unpaired) electrons. The molecule has 0 spiro atoms. The van der Waals surface area contributed by atoms with E-state index in [-0.39, 0.29) is 12.1 Å². The monoisotopic (exact) mass is 154 g/mol.